The highest BCUT2D eigenvalue weighted by molar-refractivity contribution is 6.02. The van der Waals surface area contributed by atoms with E-state index in [0.29, 0.717) is 6.42 Å². The van der Waals surface area contributed by atoms with Gasteiger partial charge in [-0.3, -0.25) is 4.79 Å². The largest absolute Gasteiger partial charge is 0.485 e. The number of benzene rings is 1. The summed E-state index contributed by atoms with van der Waals surface area (Å²) in [6, 6.07) is 2.04. The third-order valence-electron chi connectivity index (χ3n) is 4.03. The molecule has 0 aromatic heterocycles. The molecule has 0 radical (unpaired) electrons. The van der Waals surface area contributed by atoms with Crippen LogP contribution in [0.25, 0.3) is 6.08 Å². The van der Waals surface area contributed by atoms with Gasteiger partial charge in [-0.2, -0.15) is 0 Å². The molecule has 1 aromatic carbocycles. The van der Waals surface area contributed by atoms with Crippen LogP contribution in [-0.4, -0.2) is 5.78 Å². The minimum absolute atomic E-state index is 0.197. The third kappa shape index (κ3) is 1.53. The van der Waals surface area contributed by atoms with Crippen molar-refractivity contribution in [3.05, 3.63) is 58.7 Å². The lowest BCUT2D eigenvalue weighted by molar-refractivity contribution is 0.0988. The molecule has 1 heterocycles. The Morgan fingerprint density at radius 3 is 2.95 bits per heavy atom. The van der Waals surface area contributed by atoms with Gasteiger partial charge in [0, 0.05) is 17.5 Å². The summed E-state index contributed by atoms with van der Waals surface area (Å²) in [6.45, 7) is 0. The van der Waals surface area contributed by atoms with Crippen molar-refractivity contribution >= 4 is 11.9 Å². The first-order valence-corrected chi connectivity index (χ1v) is 6.74. The fourth-order valence-corrected chi connectivity index (χ4v) is 3.09. The van der Waals surface area contributed by atoms with Crippen LogP contribution in [0.5, 0.6) is 5.75 Å². The number of hydrogen-bond acceptors (Lipinski definition) is 2. The van der Waals surface area contributed by atoms with Crippen molar-refractivity contribution in [3.8, 4) is 5.75 Å². The molecule has 19 heavy (non-hydrogen) atoms. The van der Waals surface area contributed by atoms with E-state index < -0.39 is 0 Å². The molecule has 1 aromatic rings. The van der Waals surface area contributed by atoms with E-state index in [-0.39, 0.29) is 11.9 Å². The Morgan fingerprint density at radius 2 is 2.05 bits per heavy atom. The van der Waals surface area contributed by atoms with Gasteiger partial charge in [0.2, 0.25) is 0 Å². The van der Waals surface area contributed by atoms with Crippen LogP contribution < -0.4 is 4.74 Å². The first-order chi connectivity index (χ1) is 9.34. The Morgan fingerprint density at radius 1 is 1.16 bits per heavy atom. The summed E-state index contributed by atoms with van der Waals surface area (Å²) in [5.41, 5.74) is 4.38. The molecule has 2 heteroatoms. The summed E-state index contributed by atoms with van der Waals surface area (Å²) in [7, 11) is 0. The first-order valence-electron chi connectivity index (χ1n) is 6.74. The van der Waals surface area contributed by atoms with Gasteiger partial charge in [-0.05, 0) is 30.0 Å². The minimum Gasteiger partial charge on any atom is -0.485 e. The lowest BCUT2D eigenvalue weighted by Gasteiger charge is -2.40. The Kier molecular flexibility index (Phi) is 2.25. The predicted molar refractivity (Wildman–Crippen MR) is 74.4 cm³/mol. The molecule has 0 spiro atoms. The number of rotatable bonds is 0. The van der Waals surface area contributed by atoms with Crippen LogP contribution in [-0.2, 0) is 6.42 Å². The molecule has 94 valence electrons. The smallest absolute Gasteiger partial charge is 0.167 e. The van der Waals surface area contributed by atoms with Gasteiger partial charge in [-0.1, -0.05) is 36.5 Å². The molecular formula is C17H14O2. The topological polar surface area (TPSA) is 26.3 Å². The molecule has 1 aliphatic heterocycles. The normalized spacial score (nSPS) is 27.6. The zero-order valence-corrected chi connectivity index (χ0v) is 10.6. The Labute approximate surface area is 112 Å². The summed E-state index contributed by atoms with van der Waals surface area (Å²) < 4.78 is 5.75. The number of hydrogen-bond donors (Lipinski definition) is 0. The standard InChI is InChI=1S/C17H14O2/c18-14-7-5-3-1-2-4-6-12-13(14)10-11-8-9-15-16(12)17(11)19-15/h1-6,10,15H,7-9H2/b2-1-,5-3-,6-4-. The molecule has 0 amide bonds. The van der Waals surface area contributed by atoms with Gasteiger partial charge < -0.3 is 4.74 Å². The van der Waals surface area contributed by atoms with E-state index in [9.17, 15) is 4.79 Å². The van der Waals surface area contributed by atoms with E-state index in [1.807, 2.05) is 42.5 Å². The fraction of sp³-hybridized carbons (Fsp3) is 0.235. The first kappa shape index (κ1) is 10.8. The maximum atomic E-state index is 12.3. The van der Waals surface area contributed by atoms with Gasteiger partial charge in [0.1, 0.15) is 11.9 Å². The molecule has 4 bridgehead atoms. The number of fused-ring (bicyclic) bond motifs is 1. The molecule has 1 atom stereocenters. The molecule has 3 aliphatic rings. The van der Waals surface area contributed by atoms with Crippen LogP contribution in [0.15, 0.2) is 36.4 Å². The Hall–Kier alpha value is -2.09. The highest BCUT2D eigenvalue weighted by Gasteiger charge is 2.39. The Balaban J connectivity index is 1.95. The summed E-state index contributed by atoms with van der Waals surface area (Å²) in [4.78, 5) is 12.3. The van der Waals surface area contributed by atoms with Gasteiger partial charge in [-0.25, -0.2) is 0 Å². The molecule has 0 N–H and O–H groups in total. The van der Waals surface area contributed by atoms with Gasteiger partial charge in [0.25, 0.3) is 0 Å². The van der Waals surface area contributed by atoms with Crippen molar-refractivity contribution in [1.29, 1.82) is 0 Å². The number of aryl methyl sites for hydroxylation is 1. The lowest BCUT2D eigenvalue weighted by atomic mass is 9.80. The quantitative estimate of drug-likeness (QED) is 0.700. The molecule has 0 saturated carbocycles. The van der Waals surface area contributed by atoms with Crippen LogP contribution in [0.4, 0.5) is 0 Å². The lowest BCUT2D eigenvalue weighted by Crippen LogP contribution is -2.29. The van der Waals surface area contributed by atoms with E-state index in [1.165, 1.54) is 11.1 Å². The summed E-state index contributed by atoms with van der Waals surface area (Å²) in [5, 5.41) is 0. The van der Waals surface area contributed by atoms with Crippen LogP contribution in [0.2, 0.25) is 0 Å². The molecule has 0 fully saturated rings. The molecule has 4 rings (SSSR count). The van der Waals surface area contributed by atoms with Crippen LogP contribution in [0, 0.1) is 0 Å². The number of Topliss-reactive ketones (excluding diaryl/α,β-unsaturated/α-hetero) is 1. The summed E-state index contributed by atoms with van der Waals surface area (Å²) in [6.07, 6.45) is 14.6. The van der Waals surface area contributed by atoms with Crippen molar-refractivity contribution in [2.45, 2.75) is 25.4 Å². The van der Waals surface area contributed by atoms with Crippen molar-refractivity contribution in [2.24, 2.45) is 0 Å². The van der Waals surface area contributed by atoms with Crippen LogP contribution in [0.1, 0.15) is 46.0 Å². The van der Waals surface area contributed by atoms with E-state index in [1.54, 1.807) is 0 Å². The van der Waals surface area contributed by atoms with E-state index in [0.717, 1.165) is 29.7 Å². The van der Waals surface area contributed by atoms with E-state index >= 15 is 0 Å². The van der Waals surface area contributed by atoms with Crippen molar-refractivity contribution in [1.82, 2.24) is 0 Å². The number of carbonyl (C=O) groups is 1. The zero-order chi connectivity index (χ0) is 12.8. The second kappa shape index (κ2) is 3.95. The fourth-order valence-electron chi connectivity index (χ4n) is 3.09. The van der Waals surface area contributed by atoms with Crippen LogP contribution >= 0.6 is 0 Å². The van der Waals surface area contributed by atoms with Crippen molar-refractivity contribution < 1.29 is 9.53 Å². The molecule has 2 aliphatic carbocycles. The molecular weight excluding hydrogens is 236 g/mol. The van der Waals surface area contributed by atoms with E-state index in [4.69, 9.17) is 4.74 Å². The van der Waals surface area contributed by atoms with Crippen molar-refractivity contribution in [2.75, 3.05) is 0 Å². The average molecular weight is 250 g/mol. The predicted octanol–water partition coefficient (Wildman–Crippen LogP) is 3.78. The number of allylic oxidation sites excluding steroid dienone is 5. The van der Waals surface area contributed by atoms with E-state index in [2.05, 4.69) is 0 Å². The van der Waals surface area contributed by atoms with Crippen molar-refractivity contribution in [3.63, 3.8) is 0 Å². The molecule has 0 saturated heterocycles. The SMILES string of the molecule is O=C1C\C=C/C=C\C=C/c2c1cc1c3c2C(CC1)O3. The Bertz CT molecular complexity index is 662. The highest BCUT2D eigenvalue weighted by Crippen LogP contribution is 2.52. The van der Waals surface area contributed by atoms with Gasteiger partial charge >= 0.3 is 0 Å². The summed E-state index contributed by atoms with van der Waals surface area (Å²) in [5.74, 6) is 1.23. The van der Waals surface area contributed by atoms with Gasteiger partial charge in [-0.15, -0.1) is 0 Å². The monoisotopic (exact) mass is 250 g/mol. The number of ketones is 1. The third-order valence-corrected chi connectivity index (χ3v) is 4.03. The second-order valence-electron chi connectivity index (χ2n) is 5.18. The van der Waals surface area contributed by atoms with Gasteiger partial charge in [0.05, 0.1) is 0 Å². The molecule has 1 unspecified atom stereocenters. The zero-order valence-electron chi connectivity index (χ0n) is 10.6. The number of ether oxygens (including phenoxy) is 1. The highest BCUT2D eigenvalue weighted by atomic mass is 16.5. The minimum atomic E-state index is 0.197. The summed E-state index contributed by atoms with van der Waals surface area (Å²) >= 11 is 0. The maximum absolute atomic E-state index is 12.3. The molecule has 2 nitrogen and oxygen atoms in total. The number of carbonyl (C=O) groups excluding carboxylic acids is 1. The van der Waals surface area contributed by atoms with Crippen LogP contribution in [0.3, 0.4) is 0 Å². The maximum Gasteiger partial charge on any atom is 0.167 e. The van der Waals surface area contributed by atoms with Gasteiger partial charge in [0.15, 0.2) is 5.78 Å². The average Bonchev–Trinajstić information content (AvgIpc) is 2.40. The second-order valence-corrected chi connectivity index (χ2v) is 5.18.